The summed E-state index contributed by atoms with van der Waals surface area (Å²) in [6.07, 6.45) is 2.41. The Morgan fingerprint density at radius 3 is 2.37 bits per heavy atom. The van der Waals surface area contributed by atoms with Crippen molar-refractivity contribution < 1.29 is 29.3 Å². The third-order valence-electron chi connectivity index (χ3n) is 7.75. The van der Waals surface area contributed by atoms with Crippen LogP contribution in [-0.4, -0.2) is 74.1 Å². The van der Waals surface area contributed by atoms with E-state index in [4.69, 9.17) is 14.6 Å². The summed E-state index contributed by atoms with van der Waals surface area (Å²) in [5.74, 6) is 0.897. The predicted octanol–water partition coefficient (Wildman–Crippen LogP) is 3.28. The quantitative estimate of drug-likeness (QED) is 0.620. The van der Waals surface area contributed by atoms with Gasteiger partial charge in [0.05, 0.1) is 24.3 Å². The van der Waals surface area contributed by atoms with E-state index >= 15 is 0 Å². The third kappa shape index (κ3) is 4.56. The Hall–Kier alpha value is -3.69. The van der Waals surface area contributed by atoms with Gasteiger partial charge in [0, 0.05) is 49.2 Å². The van der Waals surface area contributed by atoms with E-state index in [1.807, 2.05) is 39.8 Å². The molecular weight excluding hydrogens is 488 g/mol. The number of hydrazone groups is 1. The van der Waals surface area contributed by atoms with E-state index in [0.717, 1.165) is 29.0 Å². The molecule has 2 amide bonds. The molecule has 2 aromatic rings. The highest BCUT2D eigenvalue weighted by Gasteiger charge is 2.43. The van der Waals surface area contributed by atoms with Crippen LogP contribution in [0.4, 0.5) is 0 Å². The van der Waals surface area contributed by atoms with Crippen LogP contribution in [0, 0.1) is 5.41 Å². The number of amides is 2. The number of likely N-dealkylation sites (tertiary alicyclic amines) is 1. The molecule has 2 N–H and O–H groups in total. The Balaban J connectivity index is 1.37. The first kappa shape index (κ1) is 25.9. The van der Waals surface area contributed by atoms with Crippen LogP contribution in [-0.2, 0) is 22.6 Å². The van der Waals surface area contributed by atoms with Gasteiger partial charge < -0.3 is 24.6 Å². The number of carbonyl (C=O) groups is 2. The number of aromatic hydroxyl groups is 2. The average Bonchev–Trinajstić information content (AvgIpc) is 3.37. The minimum atomic E-state index is -0.630. The molecule has 3 aliphatic heterocycles. The molecule has 0 spiro atoms. The smallest absolute Gasteiger partial charge is 0.248 e. The van der Waals surface area contributed by atoms with Crippen LogP contribution in [0.2, 0.25) is 0 Å². The van der Waals surface area contributed by atoms with Gasteiger partial charge in [-0.2, -0.15) is 5.10 Å². The van der Waals surface area contributed by atoms with Crippen molar-refractivity contribution in [2.45, 2.75) is 71.6 Å². The molecule has 1 aromatic heterocycles. The van der Waals surface area contributed by atoms with Gasteiger partial charge in [-0.3, -0.25) is 14.2 Å². The lowest BCUT2D eigenvalue weighted by molar-refractivity contribution is -0.145. The highest BCUT2D eigenvalue weighted by Crippen LogP contribution is 2.45. The molecule has 3 aliphatic rings. The lowest BCUT2D eigenvalue weighted by Crippen LogP contribution is -2.52. The molecule has 0 atom stereocenters. The van der Waals surface area contributed by atoms with Crippen molar-refractivity contribution >= 4 is 17.5 Å². The first-order valence-corrected chi connectivity index (χ1v) is 13.1. The number of methoxy groups -OCH3 is 1. The van der Waals surface area contributed by atoms with E-state index in [9.17, 15) is 19.8 Å². The number of hydrogen-bond donors (Lipinski definition) is 2. The standard InChI is InChI=1S/C28H36N4O6/c1-27(2)15-20(18-6-7-21(37-5)25-19(18)14-28(3,4)38-25)29-32(26(27)36)17-10-12-30(13-11-17)24(35)16-31-22(33)8-9-23(31)34/h6-9,17,33-34H,10-16H2,1-5H3. The number of rotatable bonds is 5. The summed E-state index contributed by atoms with van der Waals surface area (Å²) in [6, 6.07) is 6.47. The molecule has 1 aromatic carbocycles. The highest BCUT2D eigenvalue weighted by molar-refractivity contribution is 6.07. The van der Waals surface area contributed by atoms with Crippen LogP contribution in [0.15, 0.2) is 29.4 Å². The van der Waals surface area contributed by atoms with Crippen molar-refractivity contribution in [3.63, 3.8) is 0 Å². The molecule has 0 bridgehead atoms. The number of fused-ring (bicyclic) bond motifs is 1. The van der Waals surface area contributed by atoms with Crippen molar-refractivity contribution in [1.29, 1.82) is 0 Å². The molecule has 38 heavy (non-hydrogen) atoms. The van der Waals surface area contributed by atoms with Gasteiger partial charge >= 0.3 is 0 Å². The van der Waals surface area contributed by atoms with Crippen LogP contribution >= 0.6 is 0 Å². The average molecular weight is 525 g/mol. The maximum atomic E-state index is 13.5. The fourth-order valence-electron chi connectivity index (χ4n) is 5.68. The molecular formula is C28H36N4O6. The van der Waals surface area contributed by atoms with E-state index in [0.29, 0.717) is 38.1 Å². The SMILES string of the molecule is COc1ccc(C2=NN(C3CCN(C(=O)Cn4c(O)ccc4O)CC3)C(=O)C(C)(C)C2)c2c1OC(C)(C)C2. The molecule has 0 unspecified atom stereocenters. The molecule has 1 fully saturated rings. The second-order valence-corrected chi connectivity index (χ2v) is 11.7. The number of piperidine rings is 1. The van der Waals surface area contributed by atoms with E-state index in [1.165, 1.54) is 16.7 Å². The zero-order chi connectivity index (χ0) is 27.4. The number of benzene rings is 1. The Morgan fingerprint density at radius 1 is 1.08 bits per heavy atom. The Bertz CT molecular complexity index is 1280. The van der Waals surface area contributed by atoms with Crippen LogP contribution in [0.1, 0.15) is 58.1 Å². The molecule has 0 radical (unpaired) electrons. The lowest BCUT2D eigenvalue weighted by Gasteiger charge is -2.42. The molecule has 1 saturated heterocycles. The van der Waals surface area contributed by atoms with Gasteiger partial charge in [-0.25, -0.2) is 5.01 Å². The monoisotopic (exact) mass is 524 g/mol. The molecule has 4 heterocycles. The maximum absolute atomic E-state index is 13.5. The Kier molecular flexibility index (Phi) is 6.31. The van der Waals surface area contributed by atoms with Gasteiger partial charge in [-0.05, 0) is 38.8 Å². The predicted molar refractivity (Wildman–Crippen MR) is 141 cm³/mol. The van der Waals surface area contributed by atoms with Gasteiger partial charge in [-0.15, -0.1) is 0 Å². The zero-order valence-electron chi connectivity index (χ0n) is 22.7. The van der Waals surface area contributed by atoms with Crippen LogP contribution < -0.4 is 9.47 Å². The summed E-state index contributed by atoms with van der Waals surface area (Å²) in [5.41, 5.74) is 1.90. The Labute approximate surface area is 222 Å². The van der Waals surface area contributed by atoms with Gasteiger partial charge in [-0.1, -0.05) is 13.8 Å². The molecule has 0 aliphatic carbocycles. The fourth-order valence-corrected chi connectivity index (χ4v) is 5.68. The number of hydrogen-bond acceptors (Lipinski definition) is 7. The van der Waals surface area contributed by atoms with Crippen molar-refractivity contribution in [2.24, 2.45) is 10.5 Å². The second kappa shape index (κ2) is 9.25. The summed E-state index contributed by atoms with van der Waals surface area (Å²) in [4.78, 5) is 28.0. The molecule has 10 nitrogen and oxygen atoms in total. The number of nitrogens with zero attached hydrogens (tertiary/aromatic N) is 4. The summed E-state index contributed by atoms with van der Waals surface area (Å²) in [6.45, 7) is 8.78. The second-order valence-electron chi connectivity index (χ2n) is 11.7. The van der Waals surface area contributed by atoms with Crippen LogP contribution in [0.25, 0.3) is 0 Å². The van der Waals surface area contributed by atoms with Gasteiger partial charge in [0.15, 0.2) is 23.3 Å². The zero-order valence-corrected chi connectivity index (χ0v) is 22.7. The van der Waals surface area contributed by atoms with E-state index in [-0.39, 0.29) is 41.8 Å². The van der Waals surface area contributed by atoms with E-state index < -0.39 is 5.41 Å². The normalized spacial score (nSPS) is 20.7. The molecule has 0 saturated carbocycles. The topological polar surface area (TPSA) is 117 Å². The maximum Gasteiger partial charge on any atom is 0.248 e. The van der Waals surface area contributed by atoms with E-state index in [1.54, 1.807) is 17.0 Å². The third-order valence-corrected chi connectivity index (χ3v) is 7.75. The lowest BCUT2D eigenvalue weighted by atomic mass is 9.80. The minimum absolute atomic E-state index is 0.0186. The first-order chi connectivity index (χ1) is 17.9. The fraction of sp³-hybridized carbons (Fsp3) is 0.536. The number of aromatic nitrogens is 1. The van der Waals surface area contributed by atoms with Crippen molar-refractivity contribution in [3.8, 4) is 23.3 Å². The van der Waals surface area contributed by atoms with Gasteiger partial charge in [0.2, 0.25) is 11.8 Å². The van der Waals surface area contributed by atoms with Crippen molar-refractivity contribution in [2.75, 3.05) is 20.2 Å². The molecule has 5 rings (SSSR count). The minimum Gasteiger partial charge on any atom is -0.494 e. The first-order valence-electron chi connectivity index (χ1n) is 13.1. The summed E-state index contributed by atoms with van der Waals surface area (Å²) < 4.78 is 12.9. The summed E-state index contributed by atoms with van der Waals surface area (Å²) in [7, 11) is 1.63. The van der Waals surface area contributed by atoms with Gasteiger partial charge in [0.1, 0.15) is 12.1 Å². The highest BCUT2D eigenvalue weighted by atomic mass is 16.5. The van der Waals surface area contributed by atoms with Crippen LogP contribution in [0.3, 0.4) is 0 Å². The van der Waals surface area contributed by atoms with Crippen molar-refractivity contribution in [1.82, 2.24) is 14.5 Å². The summed E-state index contributed by atoms with van der Waals surface area (Å²) >= 11 is 0. The largest absolute Gasteiger partial charge is 0.494 e. The Morgan fingerprint density at radius 2 is 1.74 bits per heavy atom. The summed E-state index contributed by atoms with van der Waals surface area (Å²) in [5, 5.41) is 26.3. The van der Waals surface area contributed by atoms with Crippen molar-refractivity contribution in [3.05, 3.63) is 35.4 Å². The van der Waals surface area contributed by atoms with E-state index in [2.05, 4.69) is 0 Å². The molecule has 204 valence electrons. The van der Waals surface area contributed by atoms with Crippen LogP contribution in [0.5, 0.6) is 23.3 Å². The molecule has 10 heteroatoms. The number of carbonyl (C=O) groups excluding carboxylic acids is 2. The van der Waals surface area contributed by atoms with Gasteiger partial charge in [0.25, 0.3) is 0 Å². The number of ether oxygens (including phenoxy) is 2.